The maximum absolute atomic E-state index is 12.2. The first-order chi connectivity index (χ1) is 8.04. The molecule has 1 aliphatic rings. The van der Waals surface area contributed by atoms with Crippen LogP contribution in [0.1, 0.15) is 46.5 Å². The fourth-order valence-electron chi connectivity index (χ4n) is 2.30. The van der Waals surface area contributed by atoms with Gasteiger partial charge in [0.05, 0.1) is 5.25 Å². The van der Waals surface area contributed by atoms with Gasteiger partial charge in [-0.2, -0.15) is 0 Å². The van der Waals surface area contributed by atoms with E-state index in [-0.39, 0.29) is 23.6 Å². The Bertz CT molecular complexity index is 243. The molecule has 1 amide bonds. The van der Waals surface area contributed by atoms with E-state index in [1.807, 2.05) is 0 Å². The minimum Gasteiger partial charge on any atom is -0.352 e. The highest BCUT2D eigenvalue weighted by atomic mass is 35.5. The Balaban J connectivity index is 0.00000289. The Hall–Kier alpha value is 0.0700. The van der Waals surface area contributed by atoms with Gasteiger partial charge in [0.2, 0.25) is 5.91 Å². The lowest BCUT2D eigenvalue weighted by Gasteiger charge is -2.29. The van der Waals surface area contributed by atoms with Crippen LogP contribution >= 0.6 is 24.2 Å². The highest BCUT2D eigenvalue weighted by Crippen LogP contribution is 2.22. The molecule has 0 bridgehead atoms. The normalized spacial score (nSPS) is 25.4. The van der Waals surface area contributed by atoms with Crippen LogP contribution in [-0.2, 0) is 4.79 Å². The van der Waals surface area contributed by atoms with Gasteiger partial charge in [-0.25, -0.2) is 0 Å². The van der Waals surface area contributed by atoms with E-state index in [4.69, 9.17) is 5.73 Å². The minimum atomic E-state index is 0. The van der Waals surface area contributed by atoms with E-state index in [0.29, 0.717) is 18.0 Å². The average molecular weight is 295 g/mol. The molecule has 1 unspecified atom stereocenters. The lowest BCUT2D eigenvalue weighted by atomic mass is 9.91. The first-order valence-electron chi connectivity index (χ1n) is 6.72. The van der Waals surface area contributed by atoms with Gasteiger partial charge in [-0.3, -0.25) is 4.79 Å². The molecule has 108 valence electrons. The number of hydrogen-bond acceptors (Lipinski definition) is 3. The standard InChI is InChI=1S/C13H26N2OS.ClH/c1-4-17-12(9(2)3)13(16)15-11-7-5-10(14)6-8-11;/h9-12H,4-8,14H2,1-3H3,(H,15,16);1H. The first kappa shape index (κ1) is 18.1. The number of carbonyl (C=O) groups is 1. The summed E-state index contributed by atoms with van der Waals surface area (Å²) < 4.78 is 0. The third kappa shape index (κ3) is 5.81. The molecule has 0 aliphatic heterocycles. The Labute approximate surface area is 121 Å². The zero-order chi connectivity index (χ0) is 12.8. The summed E-state index contributed by atoms with van der Waals surface area (Å²) in [5, 5.41) is 3.28. The fraction of sp³-hybridized carbons (Fsp3) is 0.923. The van der Waals surface area contributed by atoms with Crippen LogP contribution in [-0.4, -0.2) is 29.0 Å². The highest BCUT2D eigenvalue weighted by Gasteiger charge is 2.26. The summed E-state index contributed by atoms with van der Waals surface area (Å²) in [6, 6.07) is 0.690. The Morgan fingerprint density at radius 1 is 1.33 bits per heavy atom. The van der Waals surface area contributed by atoms with Gasteiger partial charge in [0.1, 0.15) is 0 Å². The molecular weight excluding hydrogens is 268 g/mol. The average Bonchev–Trinajstić information content (AvgIpc) is 2.28. The molecule has 0 aromatic carbocycles. The van der Waals surface area contributed by atoms with Gasteiger partial charge in [0.25, 0.3) is 0 Å². The molecule has 5 heteroatoms. The zero-order valence-electron chi connectivity index (χ0n) is 11.6. The van der Waals surface area contributed by atoms with Crippen LogP contribution in [0, 0.1) is 5.92 Å². The summed E-state index contributed by atoms with van der Waals surface area (Å²) >= 11 is 1.74. The van der Waals surface area contributed by atoms with Gasteiger partial charge in [0.15, 0.2) is 0 Å². The van der Waals surface area contributed by atoms with Crippen molar-refractivity contribution in [3.05, 3.63) is 0 Å². The molecule has 0 aromatic rings. The maximum Gasteiger partial charge on any atom is 0.233 e. The van der Waals surface area contributed by atoms with Gasteiger partial charge >= 0.3 is 0 Å². The third-order valence-corrected chi connectivity index (χ3v) is 4.78. The van der Waals surface area contributed by atoms with E-state index in [2.05, 4.69) is 26.1 Å². The van der Waals surface area contributed by atoms with Gasteiger partial charge in [-0.15, -0.1) is 24.2 Å². The fourth-order valence-corrected chi connectivity index (χ4v) is 3.26. The van der Waals surface area contributed by atoms with Crippen molar-refractivity contribution in [2.75, 3.05) is 5.75 Å². The lowest BCUT2D eigenvalue weighted by molar-refractivity contribution is -0.122. The molecule has 0 radical (unpaired) electrons. The van der Waals surface area contributed by atoms with Crippen LogP contribution in [0.25, 0.3) is 0 Å². The second-order valence-electron chi connectivity index (χ2n) is 5.24. The van der Waals surface area contributed by atoms with Gasteiger partial charge in [0, 0.05) is 12.1 Å². The topological polar surface area (TPSA) is 55.1 Å². The van der Waals surface area contributed by atoms with E-state index >= 15 is 0 Å². The van der Waals surface area contributed by atoms with Crippen molar-refractivity contribution in [1.82, 2.24) is 5.32 Å². The molecule has 3 nitrogen and oxygen atoms in total. The van der Waals surface area contributed by atoms with Crippen LogP contribution in [0.4, 0.5) is 0 Å². The largest absolute Gasteiger partial charge is 0.352 e. The second kappa shape index (κ2) is 9.05. The molecule has 0 heterocycles. The SMILES string of the molecule is CCSC(C(=O)NC1CCC(N)CC1)C(C)C.Cl. The molecule has 0 aromatic heterocycles. The lowest BCUT2D eigenvalue weighted by Crippen LogP contribution is -2.45. The van der Waals surface area contributed by atoms with Crippen molar-refractivity contribution in [3.63, 3.8) is 0 Å². The van der Waals surface area contributed by atoms with Gasteiger partial charge in [-0.1, -0.05) is 20.8 Å². The predicted octanol–water partition coefficient (Wildman–Crippen LogP) is 2.57. The van der Waals surface area contributed by atoms with Crippen molar-refractivity contribution in [1.29, 1.82) is 0 Å². The van der Waals surface area contributed by atoms with Crippen LogP contribution in [0.5, 0.6) is 0 Å². The maximum atomic E-state index is 12.2. The number of rotatable bonds is 5. The summed E-state index contributed by atoms with van der Waals surface area (Å²) in [6.07, 6.45) is 4.15. The summed E-state index contributed by atoms with van der Waals surface area (Å²) in [5.74, 6) is 1.60. The molecule has 1 atom stereocenters. The van der Waals surface area contributed by atoms with Gasteiger partial charge < -0.3 is 11.1 Å². The summed E-state index contributed by atoms with van der Waals surface area (Å²) in [5.41, 5.74) is 5.87. The van der Waals surface area contributed by atoms with Crippen molar-refractivity contribution in [3.8, 4) is 0 Å². The molecule has 0 saturated heterocycles. The van der Waals surface area contributed by atoms with Crippen molar-refractivity contribution >= 4 is 30.1 Å². The number of thioether (sulfide) groups is 1. The van der Waals surface area contributed by atoms with Crippen molar-refractivity contribution in [2.45, 2.75) is 63.8 Å². The van der Waals surface area contributed by atoms with Gasteiger partial charge in [-0.05, 0) is 37.4 Å². The molecule has 1 aliphatic carbocycles. The monoisotopic (exact) mass is 294 g/mol. The smallest absolute Gasteiger partial charge is 0.233 e. The predicted molar refractivity (Wildman–Crippen MR) is 82.4 cm³/mol. The number of carbonyl (C=O) groups excluding carboxylic acids is 1. The molecule has 1 rings (SSSR count). The van der Waals surface area contributed by atoms with E-state index in [1.54, 1.807) is 11.8 Å². The molecule has 1 saturated carbocycles. The van der Waals surface area contributed by atoms with Crippen LogP contribution in [0.2, 0.25) is 0 Å². The molecule has 1 fully saturated rings. The first-order valence-corrected chi connectivity index (χ1v) is 7.77. The second-order valence-corrected chi connectivity index (χ2v) is 6.66. The number of nitrogens with two attached hydrogens (primary N) is 1. The van der Waals surface area contributed by atoms with E-state index in [1.165, 1.54) is 0 Å². The quantitative estimate of drug-likeness (QED) is 0.819. The van der Waals surface area contributed by atoms with Crippen molar-refractivity contribution < 1.29 is 4.79 Å². The number of nitrogens with one attached hydrogen (secondary N) is 1. The Morgan fingerprint density at radius 2 is 1.89 bits per heavy atom. The Morgan fingerprint density at radius 3 is 2.33 bits per heavy atom. The molecular formula is C13H27ClN2OS. The van der Waals surface area contributed by atoms with Crippen LogP contribution in [0.3, 0.4) is 0 Å². The van der Waals surface area contributed by atoms with E-state index in [0.717, 1.165) is 31.4 Å². The minimum absolute atomic E-state index is 0. The summed E-state index contributed by atoms with van der Waals surface area (Å²) in [6.45, 7) is 6.33. The summed E-state index contributed by atoms with van der Waals surface area (Å²) in [4.78, 5) is 12.2. The van der Waals surface area contributed by atoms with E-state index in [9.17, 15) is 4.79 Å². The number of hydrogen-bond donors (Lipinski definition) is 2. The van der Waals surface area contributed by atoms with Crippen molar-refractivity contribution in [2.24, 2.45) is 11.7 Å². The molecule has 0 spiro atoms. The molecule has 3 N–H and O–H groups in total. The summed E-state index contributed by atoms with van der Waals surface area (Å²) in [7, 11) is 0. The third-order valence-electron chi connectivity index (χ3n) is 3.33. The number of halogens is 1. The number of amides is 1. The Kier molecular flexibility index (Phi) is 9.09. The van der Waals surface area contributed by atoms with E-state index < -0.39 is 0 Å². The molecule has 18 heavy (non-hydrogen) atoms. The zero-order valence-corrected chi connectivity index (χ0v) is 13.3. The van der Waals surface area contributed by atoms with Crippen LogP contribution < -0.4 is 11.1 Å². The highest BCUT2D eigenvalue weighted by molar-refractivity contribution is 8.00. The van der Waals surface area contributed by atoms with Crippen LogP contribution in [0.15, 0.2) is 0 Å².